The molecule has 2 aromatic carbocycles. The second-order valence-electron chi connectivity index (χ2n) is 7.04. The minimum absolute atomic E-state index is 0.0333. The largest absolute Gasteiger partial charge is 0.445 e. The average Bonchev–Trinajstić information content (AvgIpc) is 3.28. The summed E-state index contributed by atoms with van der Waals surface area (Å²) in [6, 6.07) is 14.0. The number of ether oxygens (including phenoxy) is 1. The summed E-state index contributed by atoms with van der Waals surface area (Å²) in [4.78, 5) is 29.5. The van der Waals surface area contributed by atoms with Gasteiger partial charge in [0.25, 0.3) is 0 Å². The molecule has 0 aliphatic carbocycles. The van der Waals surface area contributed by atoms with Crippen molar-refractivity contribution >= 4 is 39.8 Å². The fourth-order valence-electron chi connectivity index (χ4n) is 3.33. The van der Waals surface area contributed by atoms with Crippen LogP contribution in [0.2, 0.25) is 0 Å². The molecule has 9 heteroatoms. The summed E-state index contributed by atoms with van der Waals surface area (Å²) < 4.78 is 19.9. The maximum atomic E-state index is 14.8. The van der Waals surface area contributed by atoms with E-state index in [1.807, 2.05) is 35.7 Å². The van der Waals surface area contributed by atoms with Crippen molar-refractivity contribution in [3.8, 4) is 11.3 Å². The van der Waals surface area contributed by atoms with Crippen LogP contribution < -0.4 is 15.5 Å². The standard InChI is InChI=1S/C21H19FN4O3S/c1-13(27)25-21(2)12-29-20(28)26(21)15-8-9-17(16(22)10-15)23-19-24-18(11-30-19)14-6-4-3-5-7-14/h3-11H,12H2,1-2H3,(H,23,24)(H,25,27). The third-order valence-electron chi connectivity index (χ3n) is 4.62. The van der Waals surface area contributed by atoms with Gasteiger partial charge in [-0.3, -0.25) is 9.69 Å². The number of cyclic esters (lactones) is 1. The zero-order chi connectivity index (χ0) is 21.3. The van der Waals surface area contributed by atoms with E-state index in [-0.39, 0.29) is 23.9 Å². The number of nitrogens with zero attached hydrogens (tertiary/aromatic N) is 2. The Bertz CT molecular complexity index is 1100. The van der Waals surface area contributed by atoms with Gasteiger partial charge in [0, 0.05) is 17.9 Å². The maximum Gasteiger partial charge on any atom is 0.416 e. The number of amides is 2. The van der Waals surface area contributed by atoms with Crippen LogP contribution in [0.3, 0.4) is 0 Å². The lowest BCUT2D eigenvalue weighted by Crippen LogP contribution is -2.57. The summed E-state index contributed by atoms with van der Waals surface area (Å²) in [5.74, 6) is -0.883. The van der Waals surface area contributed by atoms with Crippen molar-refractivity contribution in [2.24, 2.45) is 0 Å². The molecule has 0 bridgehead atoms. The van der Waals surface area contributed by atoms with Gasteiger partial charge in [-0.15, -0.1) is 11.3 Å². The fraction of sp³-hybridized carbons (Fsp3) is 0.190. The van der Waals surface area contributed by atoms with Crippen LogP contribution in [0, 0.1) is 5.82 Å². The SMILES string of the molecule is CC(=O)NC1(C)COC(=O)N1c1ccc(Nc2nc(-c3ccccc3)cs2)c(F)c1. The first-order valence-corrected chi connectivity index (χ1v) is 10.1. The Morgan fingerprint density at radius 1 is 1.27 bits per heavy atom. The van der Waals surface area contributed by atoms with Gasteiger partial charge >= 0.3 is 6.09 Å². The van der Waals surface area contributed by atoms with Gasteiger partial charge in [0.05, 0.1) is 17.1 Å². The van der Waals surface area contributed by atoms with Gasteiger partial charge in [0.1, 0.15) is 12.4 Å². The highest BCUT2D eigenvalue weighted by molar-refractivity contribution is 7.14. The van der Waals surface area contributed by atoms with E-state index >= 15 is 0 Å². The second kappa shape index (κ2) is 7.75. The summed E-state index contributed by atoms with van der Waals surface area (Å²) in [5, 5.41) is 8.09. The molecule has 0 spiro atoms. The molecule has 1 atom stereocenters. The summed E-state index contributed by atoms with van der Waals surface area (Å²) in [6.07, 6.45) is -0.654. The molecule has 3 aromatic rings. The lowest BCUT2D eigenvalue weighted by atomic mass is 10.1. The number of thiazole rings is 1. The summed E-state index contributed by atoms with van der Waals surface area (Å²) in [7, 11) is 0. The smallest absolute Gasteiger partial charge is 0.416 e. The van der Waals surface area contributed by atoms with E-state index in [4.69, 9.17) is 4.74 Å². The average molecular weight is 426 g/mol. The van der Waals surface area contributed by atoms with Gasteiger partial charge in [-0.25, -0.2) is 14.2 Å². The number of rotatable bonds is 5. The Kier molecular flexibility index (Phi) is 5.13. The van der Waals surface area contributed by atoms with Crippen LogP contribution in [0.4, 0.5) is 25.7 Å². The van der Waals surface area contributed by atoms with Crippen LogP contribution in [0.5, 0.6) is 0 Å². The zero-order valence-corrected chi connectivity index (χ0v) is 17.1. The van der Waals surface area contributed by atoms with Crippen LogP contribution in [0.25, 0.3) is 11.3 Å². The van der Waals surface area contributed by atoms with Crippen LogP contribution in [0.1, 0.15) is 13.8 Å². The fourth-order valence-corrected chi connectivity index (χ4v) is 4.06. The Morgan fingerprint density at radius 2 is 2.03 bits per heavy atom. The van der Waals surface area contributed by atoms with Crippen molar-refractivity contribution < 1.29 is 18.7 Å². The van der Waals surface area contributed by atoms with E-state index in [2.05, 4.69) is 15.6 Å². The van der Waals surface area contributed by atoms with E-state index < -0.39 is 17.6 Å². The number of nitrogens with one attached hydrogen (secondary N) is 2. The molecule has 0 saturated carbocycles. The third-order valence-corrected chi connectivity index (χ3v) is 5.38. The first kappa shape index (κ1) is 19.8. The number of carbonyl (C=O) groups is 2. The van der Waals surface area contributed by atoms with Gasteiger partial charge < -0.3 is 15.4 Å². The summed E-state index contributed by atoms with van der Waals surface area (Å²) in [5.41, 5.74) is 1.18. The van der Waals surface area contributed by atoms with E-state index in [0.29, 0.717) is 5.13 Å². The maximum absolute atomic E-state index is 14.8. The molecular weight excluding hydrogens is 407 g/mol. The van der Waals surface area contributed by atoms with Crippen LogP contribution >= 0.6 is 11.3 Å². The lowest BCUT2D eigenvalue weighted by Gasteiger charge is -2.32. The highest BCUT2D eigenvalue weighted by Gasteiger charge is 2.45. The third kappa shape index (κ3) is 3.84. The van der Waals surface area contributed by atoms with Crippen molar-refractivity contribution in [2.75, 3.05) is 16.8 Å². The number of hydrogen-bond donors (Lipinski definition) is 2. The number of anilines is 3. The van der Waals surface area contributed by atoms with Crippen LogP contribution in [-0.2, 0) is 9.53 Å². The highest BCUT2D eigenvalue weighted by Crippen LogP contribution is 2.33. The van der Waals surface area contributed by atoms with E-state index in [0.717, 1.165) is 11.3 Å². The van der Waals surface area contributed by atoms with Crippen molar-refractivity contribution in [1.82, 2.24) is 10.3 Å². The summed E-state index contributed by atoms with van der Waals surface area (Å²) in [6.45, 7) is 2.95. The number of hydrogen-bond acceptors (Lipinski definition) is 6. The van der Waals surface area contributed by atoms with Gasteiger partial charge in [-0.1, -0.05) is 30.3 Å². The van der Waals surface area contributed by atoms with Crippen molar-refractivity contribution in [2.45, 2.75) is 19.5 Å². The number of benzene rings is 2. The number of aromatic nitrogens is 1. The Morgan fingerprint density at radius 3 is 2.73 bits per heavy atom. The molecule has 30 heavy (non-hydrogen) atoms. The van der Waals surface area contributed by atoms with Gasteiger partial charge in [-0.05, 0) is 25.1 Å². The summed E-state index contributed by atoms with van der Waals surface area (Å²) >= 11 is 1.36. The predicted molar refractivity (Wildman–Crippen MR) is 113 cm³/mol. The van der Waals surface area contributed by atoms with Crippen molar-refractivity contribution in [3.05, 3.63) is 59.7 Å². The Hall–Kier alpha value is -3.46. The zero-order valence-electron chi connectivity index (χ0n) is 16.3. The topological polar surface area (TPSA) is 83.6 Å². The van der Waals surface area contributed by atoms with E-state index in [9.17, 15) is 14.0 Å². The normalized spacial score (nSPS) is 18.2. The monoisotopic (exact) mass is 426 g/mol. The minimum Gasteiger partial charge on any atom is -0.445 e. The molecule has 1 aromatic heterocycles. The first-order chi connectivity index (χ1) is 14.4. The molecule has 1 aliphatic heterocycles. The van der Waals surface area contributed by atoms with E-state index in [1.54, 1.807) is 13.0 Å². The molecule has 7 nitrogen and oxygen atoms in total. The second-order valence-corrected chi connectivity index (χ2v) is 7.90. The highest BCUT2D eigenvalue weighted by atomic mass is 32.1. The number of halogens is 1. The molecule has 1 saturated heterocycles. The van der Waals surface area contributed by atoms with E-state index in [1.165, 1.54) is 35.3 Å². The molecular formula is C21H19FN4O3S. The number of carbonyl (C=O) groups excluding carboxylic acids is 2. The molecule has 4 rings (SSSR count). The molecule has 0 radical (unpaired) electrons. The molecule has 2 N–H and O–H groups in total. The molecule has 1 fully saturated rings. The molecule has 1 aliphatic rings. The molecule has 2 amide bonds. The minimum atomic E-state index is -1.09. The lowest BCUT2D eigenvalue weighted by molar-refractivity contribution is -0.120. The van der Waals surface area contributed by atoms with Crippen LogP contribution in [0.15, 0.2) is 53.9 Å². The van der Waals surface area contributed by atoms with Gasteiger partial charge in [0.15, 0.2) is 10.8 Å². The first-order valence-electron chi connectivity index (χ1n) is 9.19. The van der Waals surface area contributed by atoms with Crippen LogP contribution in [-0.4, -0.2) is 29.3 Å². The van der Waals surface area contributed by atoms with Crippen molar-refractivity contribution in [1.29, 1.82) is 0 Å². The predicted octanol–water partition coefficient (Wildman–Crippen LogP) is 4.50. The molecule has 154 valence electrons. The van der Waals surface area contributed by atoms with Gasteiger partial charge in [-0.2, -0.15) is 0 Å². The molecule has 1 unspecified atom stereocenters. The van der Waals surface area contributed by atoms with Gasteiger partial charge in [0.2, 0.25) is 5.91 Å². The quantitative estimate of drug-likeness (QED) is 0.628. The Labute approximate surface area is 176 Å². The Balaban J connectivity index is 1.56. The molecule has 2 heterocycles. The van der Waals surface area contributed by atoms with Crippen molar-refractivity contribution in [3.63, 3.8) is 0 Å².